The molecule has 0 fully saturated rings. The van der Waals surface area contributed by atoms with E-state index in [9.17, 15) is 42.1 Å². The van der Waals surface area contributed by atoms with Gasteiger partial charge in [-0.3, -0.25) is 8.42 Å². The molecule has 0 aromatic heterocycles. The summed E-state index contributed by atoms with van der Waals surface area (Å²) >= 11 is 5.80. The van der Waals surface area contributed by atoms with E-state index in [1.54, 1.807) is 36.4 Å². The number of hydrogen-bond donors (Lipinski definition) is 0. The van der Waals surface area contributed by atoms with E-state index in [0.29, 0.717) is 46.9 Å². The maximum absolute atomic E-state index is 11.5. The van der Waals surface area contributed by atoms with Crippen molar-refractivity contribution in [2.24, 2.45) is 0 Å². The normalized spacial score (nSPS) is 19.4. The molecule has 2 unspecified atom stereocenters. The van der Waals surface area contributed by atoms with E-state index in [2.05, 4.69) is 36.4 Å². The Bertz CT molecular complexity index is 3870. The summed E-state index contributed by atoms with van der Waals surface area (Å²) in [5, 5.41) is 0. The Balaban J connectivity index is 0.000000122. The summed E-state index contributed by atoms with van der Waals surface area (Å²) in [5.74, 6) is 8.85. The van der Waals surface area contributed by atoms with Crippen LogP contribution in [0.15, 0.2) is 238 Å². The SMILES string of the molecule is O=S1(=O)CCCc2ccccc21.O=S1(=O)CCOc2ccccc21.O=S1(=O)CCS(=O)(=O)c2ccccc21.O=S1CCCc2ccccc21.O=S1CCOc2ccccc21.c1ccc2c(c1)OCCO2.c1ccc2c(c1)OCCS2.c1ccc2c(c1)SCCS2. The standard InChI is InChI=1S/C9H10O2S.C9H10OS.C8H8O4S2.C8H8O3S.C8H8O2S.C8H8O2.C8H8OS.C8H8S2/c10-12(11)7-3-5-8-4-1-2-6-9(8)12;10-11-7-3-5-8-4-1-2-6-9(8)11;9-13(10)5-6-14(11,12)8-4-2-1-3-7(8)13;9-12(10)6-5-11-7-3-1-2-4-8(7)12;9-11-6-5-10-7-3-1-2-4-8(7)11;3*1-2-4-8-7(3-1)9-5-6-10-8/h1-2,4,6H,3,5,7H2;1-2,4,6H,3,5,7H2;1-4H,5-6H2;1-4H,5-6H2;1-4H,5-6H2;3*1-4H,5-6H2. The zero-order valence-corrected chi connectivity index (χ0v) is 56.3. The number of hydrogen-bond acceptors (Lipinski definition) is 18. The second-order valence-electron chi connectivity index (χ2n) is 20.3. The molecule has 15 nitrogen and oxygen atoms in total. The molecule has 8 aliphatic heterocycles. The third-order valence-corrected chi connectivity index (χ3v) is 28.1. The molecule has 0 amide bonds. The number of para-hydroxylation sites is 5. The minimum absolute atomic E-state index is 0.0637. The summed E-state index contributed by atoms with van der Waals surface area (Å²) < 4.78 is 141. The number of thioether (sulfide) groups is 3. The summed E-state index contributed by atoms with van der Waals surface area (Å²) in [6, 6.07) is 59.7. The number of aryl methyl sites for hydroxylation is 2. The van der Waals surface area contributed by atoms with Crippen molar-refractivity contribution >= 4 is 96.2 Å². The van der Waals surface area contributed by atoms with Crippen LogP contribution in [0.25, 0.3) is 0 Å². The number of rotatable bonds is 0. The smallest absolute Gasteiger partial charge is 0.185 e. The van der Waals surface area contributed by atoms with E-state index in [0.717, 1.165) is 82.1 Å². The molecule has 16 rings (SSSR count). The van der Waals surface area contributed by atoms with Crippen LogP contribution in [0.4, 0.5) is 0 Å². The lowest BCUT2D eigenvalue weighted by Crippen LogP contribution is -2.25. The Morgan fingerprint density at radius 1 is 0.300 bits per heavy atom. The zero-order valence-electron chi connectivity index (χ0n) is 49.0. The molecule has 0 saturated carbocycles. The highest BCUT2D eigenvalue weighted by molar-refractivity contribution is 8.05. The topological polar surface area (TPSA) is 217 Å². The monoisotopic (exact) mass is 1390 g/mol. The van der Waals surface area contributed by atoms with Crippen molar-refractivity contribution in [2.75, 3.05) is 84.8 Å². The second kappa shape index (κ2) is 33.0. The summed E-state index contributed by atoms with van der Waals surface area (Å²) in [4.78, 5) is 6.80. The van der Waals surface area contributed by atoms with E-state index < -0.39 is 60.9 Å². The predicted octanol–water partition coefficient (Wildman–Crippen LogP) is 11.9. The van der Waals surface area contributed by atoms with Gasteiger partial charge < -0.3 is 23.7 Å². The van der Waals surface area contributed by atoms with Crippen LogP contribution in [-0.2, 0) is 73.8 Å². The Morgan fingerprint density at radius 3 is 1.29 bits per heavy atom. The fourth-order valence-electron chi connectivity index (χ4n) is 9.68. The molecule has 0 N–H and O–H groups in total. The quantitative estimate of drug-likeness (QED) is 0.138. The minimum atomic E-state index is -3.39. The molecule has 24 heteroatoms. The fraction of sp³-hybridized carbons (Fsp3) is 0.273. The Labute approximate surface area is 546 Å². The molecule has 8 aliphatic rings. The van der Waals surface area contributed by atoms with Gasteiger partial charge in [0.2, 0.25) is 0 Å². The number of fused-ring (bicyclic) bond motifs is 8. The Kier molecular flexibility index (Phi) is 25.0. The van der Waals surface area contributed by atoms with Crippen molar-refractivity contribution < 1.29 is 65.8 Å². The van der Waals surface area contributed by atoms with Crippen molar-refractivity contribution in [2.45, 2.75) is 69.7 Å². The molecule has 8 aromatic carbocycles. The van der Waals surface area contributed by atoms with Gasteiger partial charge in [0, 0.05) is 42.6 Å². The molecule has 0 aliphatic carbocycles. The van der Waals surface area contributed by atoms with Crippen molar-refractivity contribution in [1.29, 1.82) is 0 Å². The van der Waals surface area contributed by atoms with E-state index in [-0.39, 0.29) is 33.7 Å². The Morgan fingerprint density at radius 2 is 0.711 bits per heavy atom. The van der Waals surface area contributed by atoms with Gasteiger partial charge in [0.1, 0.15) is 48.6 Å². The molecule has 0 saturated heterocycles. The molecule has 0 spiro atoms. The van der Waals surface area contributed by atoms with Crippen molar-refractivity contribution in [3.8, 4) is 28.7 Å². The first-order chi connectivity index (χ1) is 43.5. The average Bonchev–Trinajstić information content (AvgIpc) is 1.33. The average molecular weight is 1390 g/mol. The number of benzene rings is 8. The summed E-state index contributed by atoms with van der Waals surface area (Å²) in [5.41, 5.74) is 2.25. The van der Waals surface area contributed by atoms with Gasteiger partial charge in [-0.15, -0.1) is 35.3 Å². The van der Waals surface area contributed by atoms with E-state index in [4.69, 9.17) is 23.7 Å². The predicted molar refractivity (Wildman–Crippen MR) is 359 cm³/mol. The van der Waals surface area contributed by atoms with Gasteiger partial charge in [0.25, 0.3) is 0 Å². The van der Waals surface area contributed by atoms with Crippen LogP contribution in [-0.4, -0.2) is 127 Å². The van der Waals surface area contributed by atoms with Gasteiger partial charge in [-0.2, -0.15) is 0 Å². The molecule has 476 valence electrons. The maximum atomic E-state index is 11.5. The Hall–Kier alpha value is -6.09. The molecule has 8 aromatic rings. The van der Waals surface area contributed by atoms with Crippen LogP contribution in [0.2, 0.25) is 0 Å². The molecular weight excluding hydrogens is 1320 g/mol. The lowest BCUT2D eigenvalue weighted by molar-refractivity contribution is 0.171. The third kappa shape index (κ3) is 19.0. The second-order valence-corrected chi connectivity index (χ2v) is 35.1. The lowest BCUT2D eigenvalue weighted by Gasteiger charge is -2.17. The van der Waals surface area contributed by atoms with Gasteiger partial charge >= 0.3 is 0 Å². The van der Waals surface area contributed by atoms with Gasteiger partial charge in [-0.05, 0) is 122 Å². The molecule has 0 radical (unpaired) electrons. The highest BCUT2D eigenvalue weighted by atomic mass is 32.2. The van der Waals surface area contributed by atoms with Crippen LogP contribution >= 0.6 is 35.3 Å². The van der Waals surface area contributed by atoms with Crippen molar-refractivity contribution in [3.05, 3.63) is 205 Å². The highest BCUT2D eigenvalue weighted by Crippen LogP contribution is 2.37. The first kappa shape index (κ1) is 68.3. The van der Waals surface area contributed by atoms with Gasteiger partial charge in [-0.25, -0.2) is 33.7 Å². The third-order valence-electron chi connectivity index (χ3n) is 14.1. The molecule has 2 atom stereocenters. The summed E-state index contributed by atoms with van der Waals surface area (Å²) in [7, 11) is -14.3. The molecule has 90 heavy (non-hydrogen) atoms. The van der Waals surface area contributed by atoms with Crippen LogP contribution in [0.1, 0.15) is 24.0 Å². The van der Waals surface area contributed by atoms with Crippen LogP contribution in [0.3, 0.4) is 0 Å². The zero-order chi connectivity index (χ0) is 63.4. The van der Waals surface area contributed by atoms with Crippen LogP contribution < -0.4 is 23.7 Å². The van der Waals surface area contributed by atoms with Crippen molar-refractivity contribution in [3.63, 3.8) is 0 Å². The van der Waals surface area contributed by atoms with E-state index in [1.165, 1.54) is 56.0 Å². The number of sulfone groups is 4. The minimum Gasteiger partial charge on any atom is -0.492 e. The summed E-state index contributed by atoms with van der Waals surface area (Å²) in [6.07, 6.45) is 3.83. The van der Waals surface area contributed by atoms with Crippen molar-refractivity contribution in [1.82, 2.24) is 0 Å². The van der Waals surface area contributed by atoms with Crippen LogP contribution in [0.5, 0.6) is 28.7 Å². The number of ether oxygens (including phenoxy) is 5. The van der Waals surface area contributed by atoms with Crippen LogP contribution in [0, 0.1) is 0 Å². The van der Waals surface area contributed by atoms with E-state index >= 15 is 0 Å². The molecular formula is C66H68O15S9. The first-order valence-corrected chi connectivity index (χ1v) is 41.1. The molecule has 8 heterocycles. The van der Waals surface area contributed by atoms with Gasteiger partial charge in [0.05, 0.1) is 76.6 Å². The fourth-order valence-corrected chi connectivity index (χ4v) is 22.2. The van der Waals surface area contributed by atoms with E-state index in [1.807, 2.05) is 132 Å². The maximum Gasteiger partial charge on any atom is 0.185 e. The molecule has 0 bridgehead atoms. The lowest BCUT2D eigenvalue weighted by atomic mass is 10.1. The van der Waals surface area contributed by atoms with Gasteiger partial charge in [-0.1, -0.05) is 109 Å². The summed E-state index contributed by atoms with van der Waals surface area (Å²) in [6.45, 7) is 3.01. The largest absolute Gasteiger partial charge is 0.492 e. The highest BCUT2D eigenvalue weighted by Gasteiger charge is 2.33. The first-order valence-electron chi connectivity index (χ1n) is 28.9. The van der Waals surface area contributed by atoms with Gasteiger partial charge in [0.15, 0.2) is 50.8 Å².